The lowest BCUT2D eigenvalue weighted by Crippen LogP contribution is -2.20. The molecule has 0 aromatic carbocycles. The third kappa shape index (κ3) is 2.68. The van der Waals surface area contributed by atoms with Gasteiger partial charge in [0.25, 0.3) is 0 Å². The Balaban J connectivity index is 1.96. The van der Waals surface area contributed by atoms with Gasteiger partial charge in [-0.1, -0.05) is 18.1 Å². The first-order chi connectivity index (χ1) is 7.79. The van der Waals surface area contributed by atoms with Gasteiger partial charge in [0.15, 0.2) is 5.82 Å². The molecule has 1 unspecified atom stereocenters. The van der Waals surface area contributed by atoms with E-state index >= 15 is 0 Å². The normalized spacial score (nSPS) is 12.9. The van der Waals surface area contributed by atoms with Crippen molar-refractivity contribution >= 4 is 11.3 Å². The molecule has 0 saturated carbocycles. The van der Waals surface area contributed by atoms with E-state index in [1.807, 2.05) is 6.92 Å². The number of nitrogens with zero attached hydrogens (tertiary/aromatic N) is 2. The molecule has 0 radical (unpaired) electrons. The largest absolute Gasteiger partial charge is 0.340 e. The maximum atomic E-state index is 4.99. The molecule has 0 fully saturated rings. The summed E-state index contributed by atoms with van der Waals surface area (Å²) in [4.78, 5) is 5.56. The third-order valence-electron chi connectivity index (χ3n) is 2.37. The zero-order valence-corrected chi connectivity index (χ0v) is 10.3. The molecule has 4 nitrogen and oxygen atoms in total. The molecule has 0 aliphatic carbocycles. The minimum absolute atomic E-state index is 0.166. The summed E-state index contributed by atoms with van der Waals surface area (Å²) in [6, 6.07) is 4.34. The highest BCUT2D eigenvalue weighted by Crippen LogP contribution is 2.15. The number of hydrogen-bond donors (Lipinski definition) is 1. The first-order valence-corrected chi connectivity index (χ1v) is 6.23. The quantitative estimate of drug-likeness (QED) is 0.868. The minimum atomic E-state index is 0.166. The van der Waals surface area contributed by atoms with Crippen LogP contribution in [0.4, 0.5) is 0 Å². The molecule has 5 heteroatoms. The van der Waals surface area contributed by atoms with Gasteiger partial charge in [0.1, 0.15) is 0 Å². The van der Waals surface area contributed by atoms with Crippen LogP contribution in [0.15, 0.2) is 22.0 Å². The molecule has 1 atom stereocenters. The van der Waals surface area contributed by atoms with E-state index in [1.165, 1.54) is 4.88 Å². The van der Waals surface area contributed by atoms with Crippen molar-refractivity contribution in [1.29, 1.82) is 0 Å². The molecule has 2 rings (SSSR count). The predicted molar refractivity (Wildman–Crippen MR) is 63.2 cm³/mol. The minimum Gasteiger partial charge on any atom is -0.340 e. The maximum Gasteiger partial charge on any atom is 0.223 e. The zero-order chi connectivity index (χ0) is 11.4. The second-order valence-electron chi connectivity index (χ2n) is 3.59. The Kier molecular flexibility index (Phi) is 3.69. The van der Waals surface area contributed by atoms with E-state index in [4.69, 9.17) is 4.52 Å². The second-order valence-corrected chi connectivity index (χ2v) is 4.62. The lowest BCUT2D eigenvalue weighted by atomic mass is 10.2. The standard InChI is InChI=1S/C11H15N3OS/c1-3-10(11-13-8(2)15-14-11)12-7-9-5-4-6-16-9/h4-6,10,12H,3,7H2,1-2H3. The molecule has 0 saturated heterocycles. The predicted octanol–water partition coefficient (Wildman–Crippen LogP) is 2.68. The van der Waals surface area contributed by atoms with Gasteiger partial charge in [-0.05, 0) is 17.9 Å². The molecule has 2 heterocycles. The fraction of sp³-hybridized carbons (Fsp3) is 0.455. The Morgan fingerprint density at radius 3 is 3.00 bits per heavy atom. The maximum absolute atomic E-state index is 4.99. The van der Waals surface area contributed by atoms with Crippen molar-refractivity contribution in [3.8, 4) is 0 Å². The molecular formula is C11H15N3OS. The average Bonchev–Trinajstić information content (AvgIpc) is 2.91. The van der Waals surface area contributed by atoms with Crippen molar-refractivity contribution in [2.24, 2.45) is 0 Å². The van der Waals surface area contributed by atoms with Crippen LogP contribution in [0.2, 0.25) is 0 Å². The zero-order valence-electron chi connectivity index (χ0n) is 9.43. The van der Waals surface area contributed by atoms with Gasteiger partial charge < -0.3 is 9.84 Å². The molecule has 86 valence electrons. The fourth-order valence-electron chi connectivity index (χ4n) is 1.51. The number of rotatable bonds is 5. The topological polar surface area (TPSA) is 51.0 Å². The third-order valence-corrected chi connectivity index (χ3v) is 3.24. The van der Waals surface area contributed by atoms with E-state index in [1.54, 1.807) is 11.3 Å². The monoisotopic (exact) mass is 237 g/mol. The van der Waals surface area contributed by atoms with Gasteiger partial charge in [-0.2, -0.15) is 4.98 Å². The van der Waals surface area contributed by atoms with Crippen LogP contribution in [0, 0.1) is 6.92 Å². The molecule has 2 aromatic rings. The first-order valence-electron chi connectivity index (χ1n) is 5.35. The molecular weight excluding hydrogens is 222 g/mol. The van der Waals surface area contributed by atoms with Gasteiger partial charge in [-0.15, -0.1) is 11.3 Å². The molecule has 0 amide bonds. The summed E-state index contributed by atoms with van der Waals surface area (Å²) < 4.78 is 4.99. The van der Waals surface area contributed by atoms with Crippen LogP contribution in [0.5, 0.6) is 0 Å². The molecule has 0 bridgehead atoms. The number of aryl methyl sites for hydroxylation is 1. The van der Waals surface area contributed by atoms with Crippen LogP contribution in [0.3, 0.4) is 0 Å². The van der Waals surface area contributed by atoms with Crippen LogP contribution < -0.4 is 5.32 Å². The molecule has 0 aliphatic rings. The first kappa shape index (κ1) is 11.3. The number of nitrogens with one attached hydrogen (secondary N) is 1. The number of aromatic nitrogens is 2. The van der Waals surface area contributed by atoms with Crippen LogP contribution in [-0.2, 0) is 6.54 Å². The van der Waals surface area contributed by atoms with Crippen molar-refractivity contribution in [3.63, 3.8) is 0 Å². The molecule has 16 heavy (non-hydrogen) atoms. The van der Waals surface area contributed by atoms with Crippen LogP contribution >= 0.6 is 11.3 Å². The Morgan fingerprint density at radius 2 is 2.44 bits per heavy atom. The Bertz CT molecular complexity index is 424. The van der Waals surface area contributed by atoms with Crippen LogP contribution in [0.1, 0.15) is 36.0 Å². The highest BCUT2D eigenvalue weighted by Gasteiger charge is 2.14. The smallest absolute Gasteiger partial charge is 0.223 e. The highest BCUT2D eigenvalue weighted by molar-refractivity contribution is 7.09. The van der Waals surface area contributed by atoms with Gasteiger partial charge in [-0.25, -0.2) is 0 Å². The summed E-state index contributed by atoms with van der Waals surface area (Å²) in [6.07, 6.45) is 0.949. The van der Waals surface area contributed by atoms with Crippen molar-refractivity contribution in [1.82, 2.24) is 15.5 Å². The SMILES string of the molecule is CCC(NCc1cccs1)c1noc(C)n1. The lowest BCUT2D eigenvalue weighted by Gasteiger charge is -2.11. The Morgan fingerprint density at radius 1 is 1.56 bits per heavy atom. The van der Waals surface area contributed by atoms with Gasteiger partial charge in [0.2, 0.25) is 5.89 Å². The fourth-order valence-corrected chi connectivity index (χ4v) is 2.17. The van der Waals surface area contributed by atoms with Crippen LogP contribution in [0.25, 0.3) is 0 Å². The van der Waals surface area contributed by atoms with Crippen molar-refractivity contribution in [2.45, 2.75) is 32.9 Å². The number of thiophene rings is 1. The van der Waals surface area contributed by atoms with E-state index in [-0.39, 0.29) is 6.04 Å². The van der Waals surface area contributed by atoms with E-state index in [9.17, 15) is 0 Å². The van der Waals surface area contributed by atoms with Crippen molar-refractivity contribution in [2.75, 3.05) is 0 Å². The second kappa shape index (κ2) is 5.23. The summed E-state index contributed by atoms with van der Waals surface area (Å²) in [5.74, 6) is 1.36. The van der Waals surface area contributed by atoms with Crippen LogP contribution in [-0.4, -0.2) is 10.1 Å². The van der Waals surface area contributed by atoms with E-state index in [0.29, 0.717) is 5.89 Å². The lowest BCUT2D eigenvalue weighted by molar-refractivity contribution is 0.374. The van der Waals surface area contributed by atoms with Crippen molar-refractivity contribution in [3.05, 3.63) is 34.1 Å². The molecule has 1 N–H and O–H groups in total. The average molecular weight is 237 g/mol. The molecule has 0 aliphatic heterocycles. The van der Waals surface area contributed by atoms with Gasteiger partial charge in [0.05, 0.1) is 6.04 Å². The summed E-state index contributed by atoms with van der Waals surface area (Å²) >= 11 is 1.75. The number of hydrogen-bond acceptors (Lipinski definition) is 5. The summed E-state index contributed by atoms with van der Waals surface area (Å²) in [5.41, 5.74) is 0. The Hall–Kier alpha value is -1.20. The highest BCUT2D eigenvalue weighted by atomic mass is 32.1. The van der Waals surface area contributed by atoms with Gasteiger partial charge in [-0.3, -0.25) is 0 Å². The van der Waals surface area contributed by atoms with E-state index < -0.39 is 0 Å². The molecule has 2 aromatic heterocycles. The Labute approximate surface area is 98.7 Å². The van der Waals surface area contributed by atoms with E-state index in [2.05, 4.69) is 39.9 Å². The molecule has 0 spiro atoms. The summed E-state index contributed by atoms with van der Waals surface area (Å²) in [5, 5.41) is 9.45. The summed E-state index contributed by atoms with van der Waals surface area (Å²) in [7, 11) is 0. The van der Waals surface area contributed by atoms with Crippen molar-refractivity contribution < 1.29 is 4.52 Å². The van der Waals surface area contributed by atoms with E-state index in [0.717, 1.165) is 18.8 Å². The van der Waals surface area contributed by atoms with Gasteiger partial charge in [0, 0.05) is 18.3 Å². The van der Waals surface area contributed by atoms with Gasteiger partial charge >= 0.3 is 0 Å². The summed E-state index contributed by atoms with van der Waals surface area (Å²) in [6.45, 7) is 4.77.